The summed E-state index contributed by atoms with van der Waals surface area (Å²) in [4.78, 5) is 0. The third-order valence-electron chi connectivity index (χ3n) is 4.49. The Bertz CT molecular complexity index is 1020. The van der Waals surface area contributed by atoms with Gasteiger partial charge in [0.25, 0.3) is 0 Å². The summed E-state index contributed by atoms with van der Waals surface area (Å²) in [6.07, 6.45) is 1.70. The molecule has 0 atom stereocenters. The van der Waals surface area contributed by atoms with Crippen molar-refractivity contribution < 1.29 is 4.42 Å². The van der Waals surface area contributed by atoms with Gasteiger partial charge in [0.2, 0.25) is 0 Å². The van der Waals surface area contributed by atoms with Crippen LogP contribution in [0.4, 0.5) is 0 Å². The molecule has 0 aliphatic heterocycles. The van der Waals surface area contributed by atoms with Gasteiger partial charge in [0, 0.05) is 5.75 Å². The predicted octanol–water partition coefficient (Wildman–Crippen LogP) is 5.50. The molecule has 4 nitrogen and oxygen atoms in total. The van der Waals surface area contributed by atoms with Crippen LogP contribution in [0.15, 0.2) is 76.5 Å². The zero-order valence-corrected chi connectivity index (χ0v) is 16.2. The Labute approximate surface area is 163 Å². The van der Waals surface area contributed by atoms with Crippen molar-refractivity contribution in [1.29, 1.82) is 0 Å². The SMILES string of the molecule is Cc1ccc(CSc2nnc(-c3ccoc3C)n2Cc2ccccc2)cc1. The fourth-order valence-electron chi connectivity index (χ4n) is 2.95. The van der Waals surface area contributed by atoms with E-state index in [2.05, 4.69) is 70.2 Å². The van der Waals surface area contributed by atoms with Crippen LogP contribution in [0.3, 0.4) is 0 Å². The van der Waals surface area contributed by atoms with Gasteiger partial charge in [-0.25, -0.2) is 0 Å². The number of benzene rings is 2. The van der Waals surface area contributed by atoms with Gasteiger partial charge >= 0.3 is 0 Å². The third kappa shape index (κ3) is 3.98. The molecular weight excluding hydrogens is 354 g/mol. The highest BCUT2D eigenvalue weighted by molar-refractivity contribution is 7.98. The maximum atomic E-state index is 5.49. The van der Waals surface area contributed by atoms with Crippen molar-refractivity contribution in [2.75, 3.05) is 0 Å². The van der Waals surface area contributed by atoms with Crippen LogP contribution in [0.5, 0.6) is 0 Å². The van der Waals surface area contributed by atoms with E-state index in [0.717, 1.165) is 34.6 Å². The van der Waals surface area contributed by atoms with Gasteiger partial charge in [0.15, 0.2) is 11.0 Å². The molecule has 2 heterocycles. The lowest BCUT2D eigenvalue weighted by atomic mass is 10.2. The van der Waals surface area contributed by atoms with Crippen LogP contribution < -0.4 is 0 Å². The summed E-state index contributed by atoms with van der Waals surface area (Å²) < 4.78 is 7.66. The molecule has 0 radical (unpaired) electrons. The van der Waals surface area contributed by atoms with Gasteiger partial charge in [-0.05, 0) is 31.0 Å². The highest BCUT2D eigenvalue weighted by Gasteiger charge is 2.17. The molecule has 0 amide bonds. The van der Waals surface area contributed by atoms with Crippen molar-refractivity contribution in [2.24, 2.45) is 0 Å². The first-order valence-corrected chi connectivity index (χ1v) is 9.89. The molecule has 0 aliphatic rings. The molecule has 136 valence electrons. The lowest BCUT2D eigenvalue weighted by Crippen LogP contribution is -2.04. The van der Waals surface area contributed by atoms with Gasteiger partial charge in [-0.2, -0.15) is 0 Å². The van der Waals surface area contributed by atoms with Gasteiger partial charge in [-0.3, -0.25) is 4.57 Å². The quantitative estimate of drug-likeness (QED) is 0.418. The van der Waals surface area contributed by atoms with Crippen LogP contribution in [0.1, 0.15) is 22.5 Å². The minimum Gasteiger partial charge on any atom is -0.469 e. The molecule has 0 spiro atoms. The minimum atomic E-state index is 0.726. The summed E-state index contributed by atoms with van der Waals surface area (Å²) >= 11 is 1.71. The van der Waals surface area contributed by atoms with Gasteiger partial charge in [0.1, 0.15) is 5.76 Å². The average molecular weight is 375 g/mol. The third-order valence-corrected chi connectivity index (χ3v) is 5.53. The molecule has 4 aromatic rings. The maximum Gasteiger partial charge on any atom is 0.192 e. The second-order valence-corrected chi connectivity index (χ2v) is 7.49. The van der Waals surface area contributed by atoms with Crippen molar-refractivity contribution in [3.8, 4) is 11.4 Å². The van der Waals surface area contributed by atoms with E-state index in [1.807, 2.05) is 19.1 Å². The van der Waals surface area contributed by atoms with Crippen molar-refractivity contribution in [2.45, 2.75) is 31.3 Å². The number of aromatic nitrogens is 3. The van der Waals surface area contributed by atoms with E-state index in [0.29, 0.717) is 0 Å². The molecule has 4 rings (SSSR count). The van der Waals surface area contributed by atoms with Crippen LogP contribution >= 0.6 is 11.8 Å². The molecule has 0 bridgehead atoms. The van der Waals surface area contributed by atoms with E-state index >= 15 is 0 Å². The van der Waals surface area contributed by atoms with Crippen molar-refractivity contribution >= 4 is 11.8 Å². The number of hydrogen-bond donors (Lipinski definition) is 0. The number of hydrogen-bond acceptors (Lipinski definition) is 4. The molecule has 0 N–H and O–H groups in total. The minimum absolute atomic E-state index is 0.726. The summed E-state index contributed by atoms with van der Waals surface area (Å²) in [6.45, 7) is 4.78. The Morgan fingerprint density at radius 1 is 0.889 bits per heavy atom. The molecule has 2 aromatic carbocycles. The zero-order valence-electron chi connectivity index (χ0n) is 15.4. The Kier molecular flexibility index (Phi) is 5.12. The first kappa shape index (κ1) is 17.6. The lowest BCUT2D eigenvalue weighted by Gasteiger charge is -2.10. The van der Waals surface area contributed by atoms with Crippen LogP contribution in [0.25, 0.3) is 11.4 Å². The summed E-state index contributed by atoms with van der Waals surface area (Å²) in [5.41, 5.74) is 4.76. The summed E-state index contributed by atoms with van der Waals surface area (Å²) in [5.74, 6) is 2.56. The van der Waals surface area contributed by atoms with Crippen LogP contribution in [-0.2, 0) is 12.3 Å². The van der Waals surface area contributed by atoms with Crippen molar-refractivity contribution in [3.63, 3.8) is 0 Å². The molecule has 5 heteroatoms. The highest BCUT2D eigenvalue weighted by atomic mass is 32.2. The number of thioether (sulfide) groups is 1. The number of aryl methyl sites for hydroxylation is 2. The monoisotopic (exact) mass is 375 g/mol. The van der Waals surface area contributed by atoms with Crippen LogP contribution in [0, 0.1) is 13.8 Å². The number of nitrogens with zero attached hydrogens (tertiary/aromatic N) is 3. The van der Waals surface area contributed by atoms with Gasteiger partial charge in [-0.15, -0.1) is 10.2 Å². The largest absolute Gasteiger partial charge is 0.469 e. The fourth-order valence-corrected chi connectivity index (χ4v) is 3.85. The smallest absolute Gasteiger partial charge is 0.192 e. The van der Waals surface area contributed by atoms with E-state index in [1.54, 1.807) is 18.0 Å². The van der Waals surface area contributed by atoms with E-state index in [-0.39, 0.29) is 0 Å². The molecule has 0 aliphatic carbocycles. The standard InChI is InChI=1S/C22H21N3OS/c1-16-8-10-19(11-9-16)15-27-22-24-23-21(20-12-13-26-17(20)2)25(22)14-18-6-4-3-5-7-18/h3-13H,14-15H2,1-2H3. The second-order valence-electron chi connectivity index (χ2n) is 6.54. The normalized spacial score (nSPS) is 11.0. The molecule has 0 unspecified atom stereocenters. The first-order valence-electron chi connectivity index (χ1n) is 8.90. The van der Waals surface area contributed by atoms with Gasteiger partial charge in [-0.1, -0.05) is 71.9 Å². The summed E-state index contributed by atoms with van der Waals surface area (Å²) in [7, 11) is 0. The van der Waals surface area contributed by atoms with Crippen molar-refractivity contribution in [3.05, 3.63) is 89.4 Å². The molecule has 0 fully saturated rings. The summed E-state index contributed by atoms with van der Waals surface area (Å²) in [5, 5.41) is 9.86. The van der Waals surface area contributed by atoms with E-state index in [1.165, 1.54) is 16.7 Å². The average Bonchev–Trinajstić information content (AvgIpc) is 3.28. The fraction of sp³-hybridized carbons (Fsp3) is 0.182. The van der Waals surface area contributed by atoms with Gasteiger partial charge in [0.05, 0.1) is 18.4 Å². The zero-order chi connectivity index (χ0) is 18.6. The Morgan fingerprint density at radius 3 is 2.37 bits per heavy atom. The molecule has 0 saturated carbocycles. The Morgan fingerprint density at radius 2 is 1.67 bits per heavy atom. The Hall–Kier alpha value is -2.79. The van der Waals surface area contributed by atoms with E-state index in [4.69, 9.17) is 4.42 Å². The second kappa shape index (κ2) is 7.84. The predicted molar refractivity (Wildman–Crippen MR) is 109 cm³/mol. The molecule has 0 saturated heterocycles. The van der Waals surface area contributed by atoms with Crippen LogP contribution in [0.2, 0.25) is 0 Å². The number of rotatable bonds is 6. The Balaban J connectivity index is 1.65. The van der Waals surface area contributed by atoms with Crippen LogP contribution in [-0.4, -0.2) is 14.8 Å². The highest BCUT2D eigenvalue weighted by Crippen LogP contribution is 2.29. The topological polar surface area (TPSA) is 43.9 Å². The molecule has 27 heavy (non-hydrogen) atoms. The first-order chi connectivity index (χ1) is 13.2. The van der Waals surface area contributed by atoms with E-state index in [9.17, 15) is 0 Å². The summed E-state index contributed by atoms with van der Waals surface area (Å²) in [6, 6.07) is 21.0. The van der Waals surface area contributed by atoms with Crippen molar-refractivity contribution in [1.82, 2.24) is 14.8 Å². The van der Waals surface area contributed by atoms with E-state index < -0.39 is 0 Å². The lowest BCUT2D eigenvalue weighted by molar-refractivity contribution is 0.534. The molecular formula is C22H21N3OS. The number of furan rings is 1. The molecule has 2 aromatic heterocycles. The maximum absolute atomic E-state index is 5.49. The van der Waals surface area contributed by atoms with Gasteiger partial charge < -0.3 is 4.42 Å².